The maximum absolute atomic E-state index is 3.51. The van der Waals surface area contributed by atoms with Crippen LogP contribution in [0.1, 0.15) is 45.4 Å². The lowest BCUT2D eigenvalue weighted by atomic mass is 9.93. The number of hydrogen-bond acceptors (Lipinski definition) is 3. The summed E-state index contributed by atoms with van der Waals surface area (Å²) >= 11 is 0. The molecule has 3 saturated heterocycles. The Morgan fingerprint density at radius 1 is 1.06 bits per heavy atom. The van der Waals surface area contributed by atoms with E-state index in [2.05, 4.69) is 29.1 Å². The Bertz CT molecular complexity index is 267. The quantitative estimate of drug-likeness (QED) is 0.823. The molecule has 1 N–H and O–H groups in total. The Balaban J connectivity index is 1.66. The lowest BCUT2D eigenvalue weighted by Crippen LogP contribution is -2.56. The first kappa shape index (κ1) is 12.9. The molecular weight excluding hydrogens is 222 g/mol. The van der Waals surface area contributed by atoms with Crippen LogP contribution in [-0.4, -0.2) is 60.6 Å². The first-order valence-corrected chi connectivity index (χ1v) is 7.99. The minimum atomic E-state index is 0.782. The molecule has 0 amide bonds. The van der Waals surface area contributed by atoms with E-state index in [0.29, 0.717) is 0 Å². The van der Waals surface area contributed by atoms with E-state index in [4.69, 9.17) is 0 Å². The van der Waals surface area contributed by atoms with E-state index in [1.165, 1.54) is 58.2 Å². The molecule has 0 aromatic carbocycles. The lowest BCUT2D eigenvalue weighted by Gasteiger charge is -2.46. The van der Waals surface area contributed by atoms with Gasteiger partial charge < -0.3 is 10.2 Å². The van der Waals surface area contributed by atoms with Gasteiger partial charge in [-0.25, -0.2) is 0 Å². The van der Waals surface area contributed by atoms with Crippen molar-refractivity contribution in [1.29, 1.82) is 0 Å². The van der Waals surface area contributed by atoms with E-state index in [9.17, 15) is 0 Å². The van der Waals surface area contributed by atoms with Gasteiger partial charge in [0.2, 0.25) is 0 Å². The van der Waals surface area contributed by atoms with Gasteiger partial charge in [0.15, 0.2) is 0 Å². The van der Waals surface area contributed by atoms with E-state index in [0.717, 1.165) is 24.2 Å². The molecule has 0 aromatic heterocycles. The van der Waals surface area contributed by atoms with Gasteiger partial charge in [-0.1, -0.05) is 6.92 Å². The number of piperidine rings is 2. The van der Waals surface area contributed by atoms with Gasteiger partial charge in [-0.3, -0.25) is 4.90 Å². The number of hydrogen-bond donors (Lipinski definition) is 1. The topological polar surface area (TPSA) is 18.5 Å². The Hall–Kier alpha value is -0.120. The Morgan fingerprint density at radius 2 is 1.78 bits per heavy atom. The van der Waals surface area contributed by atoms with Crippen LogP contribution < -0.4 is 5.32 Å². The molecule has 0 aromatic rings. The molecular formula is C15H29N3. The Kier molecular flexibility index (Phi) is 3.92. The molecule has 0 aliphatic carbocycles. The number of rotatable bonds is 3. The van der Waals surface area contributed by atoms with Gasteiger partial charge in [0, 0.05) is 30.7 Å². The van der Waals surface area contributed by atoms with Gasteiger partial charge in [0.25, 0.3) is 0 Å². The molecule has 3 aliphatic rings. The van der Waals surface area contributed by atoms with Crippen LogP contribution in [0, 0.1) is 0 Å². The predicted octanol–water partition coefficient (Wildman–Crippen LogP) is 1.69. The number of likely N-dealkylation sites (tertiary alicyclic amines) is 1. The van der Waals surface area contributed by atoms with Gasteiger partial charge >= 0.3 is 0 Å². The Morgan fingerprint density at radius 3 is 2.39 bits per heavy atom. The second-order valence-corrected chi connectivity index (χ2v) is 6.48. The molecule has 104 valence electrons. The summed E-state index contributed by atoms with van der Waals surface area (Å²) in [6, 6.07) is 3.39. The average molecular weight is 251 g/mol. The molecule has 18 heavy (non-hydrogen) atoms. The van der Waals surface area contributed by atoms with E-state index in [1.807, 2.05) is 0 Å². The summed E-state index contributed by atoms with van der Waals surface area (Å²) < 4.78 is 0. The van der Waals surface area contributed by atoms with Crippen molar-refractivity contribution >= 4 is 0 Å². The first-order valence-electron chi connectivity index (χ1n) is 7.99. The molecule has 3 fully saturated rings. The number of nitrogens with zero attached hydrogens (tertiary/aromatic N) is 2. The monoisotopic (exact) mass is 251 g/mol. The highest BCUT2D eigenvalue weighted by Crippen LogP contribution is 2.38. The van der Waals surface area contributed by atoms with Gasteiger partial charge in [-0.05, 0) is 58.7 Å². The summed E-state index contributed by atoms with van der Waals surface area (Å²) in [6.07, 6.45) is 8.51. The minimum absolute atomic E-state index is 0.782. The van der Waals surface area contributed by atoms with Crippen molar-refractivity contribution in [2.45, 2.75) is 69.6 Å². The van der Waals surface area contributed by atoms with E-state index >= 15 is 0 Å². The zero-order chi connectivity index (χ0) is 12.5. The van der Waals surface area contributed by atoms with Crippen molar-refractivity contribution in [2.75, 3.05) is 26.7 Å². The third kappa shape index (κ3) is 2.33. The number of likely N-dealkylation sites (N-methyl/N-ethyl adjacent to an activating group) is 1. The third-order valence-electron chi connectivity index (χ3n) is 5.55. The van der Waals surface area contributed by atoms with Crippen LogP contribution in [0.15, 0.2) is 0 Å². The normalized spacial score (nSPS) is 42.3. The molecule has 3 aliphatic heterocycles. The van der Waals surface area contributed by atoms with Crippen LogP contribution in [0.3, 0.4) is 0 Å². The highest BCUT2D eigenvalue weighted by molar-refractivity contribution is 5.00. The van der Waals surface area contributed by atoms with Crippen molar-refractivity contribution in [1.82, 2.24) is 15.1 Å². The highest BCUT2D eigenvalue weighted by Gasteiger charge is 2.44. The maximum Gasteiger partial charge on any atom is 0.0229 e. The fourth-order valence-corrected chi connectivity index (χ4v) is 4.61. The van der Waals surface area contributed by atoms with E-state index in [1.54, 1.807) is 0 Å². The van der Waals surface area contributed by atoms with Gasteiger partial charge in [0.05, 0.1) is 0 Å². The fraction of sp³-hybridized carbons (Fsp3) is 1.00. The van der Waals surface area contributed by atoms with Crippen LogP contribution in [0.25, 0.3) is 0 Å². The smallest absolute Gasteiger partial charge is 0.0229 e. The zero-order valence-corrected chi connectivity index (χ0v) is 12.1. The summed E-state index contributed by atoms with van der Waals surface area (Å²) in [5.74, 6) is 0. The summed E-state index contributed by atoms with van der Waals surface area (Å²) in [5, 5.41) is 3.51. The third-order valence-corrected chi connectivity index (χ3v) is 5.55. The molecule has 0 saturated carbocycles. The van der Waals surface area contributed by atoms with Crippen LogP contribution >= 0.6 is 0 Å². The van der Waals surface area contributed by atoms with Crippen LogP contribution in [0.5, 0.6) is 0 Å². The van der Waals surface area contributed by atoms with E-state index in [-0.39, 0.29) is 0 Å². The fourth-order valence-electron chi connectivity index (χ4n) is 4.61. The van der Waals surface area contributed by atoms with Crippen LogP contribution in [0.4, 0.5) is 0 Å². The summed E-state index contributed by atoms with van der Waals surface area (Å²) in [5.41, 5.74) is 0. The maximum atomic E-state index is 3.51. The highest BCUT2D eigenvalue weighted by atomic mass is 15.3. The van der Waals surface area contributed by atoms with Gasteiger partial charge in [0.1, 0.15) is 0 Å². The molecule has 3 heteroatoms. The molecule has 0 spiro atoms. The molecule has 3 rings (SSSR count). The van der Waals surface area contributed by atoms with Crippen molar-refractivity contribution in [2.24, 2.45) is 0 Å². The average Bonchev–Trinajstić information content (AvgIpc) is 2.69. The minimum Gasteiger partial charge on any atom is -0.317 e. The van der Waals surface area contributed by atoms with E-state index < -0.39 is 0 Å². The molecule has 3 nitrogen and oxygen atoms in total. The molecule has 3 atom stereocenters. The van der Waals surface area contributed by atoms with Crippen molar-refractivity contribution in [3.63, 3.8) is 0 Å². The van der Waals surface area contributed by atoms with Crippen molar-refractivity contribution in [3.8, 4) is 0 Å². The lowest BCUT2D eigenvalue weighted by molar-refractivity contribution is 0.0293. The second-order valence-electron chi connectivity index (χ2n) is 6.48. The van der Waals surface area contributed by atoms with Crippen molar-refractivity contribution < 1.29 is 0 Å². The molecule has 2 bridgehead atoms. The SMILES string of the molecule is CCN1CCCC(N2C3CCC2CC(NC)C3)C1. The van der Waals surface area contributed by atoms with Gasteiger partial charge in [-0.2, -0.15) is 0 Å². The summed E-state index contributed by atoms with van der Waals surface area (Å²) in [6.45, 7) is 6.20. The standard InChI is InChI=1S/C15H29N3/c1-3-17-8-4-5-15(11-17)18-13-6-7-14(18)10-12(9-13)16-2/h12-16H,3-11H2,1-2H3. The second kappa shape index (κ2) is 5.48. The van der Waals surface area contributed by atoms with Crippen molar-refractivity contribution in [3.05, 3.63) is 0 Å². The first-order chi connectivity index (χ1) is 8.81. The van der Waals surface area contributed by atoms with Crippen LogP contribution in [-0.2, 0) is 0 Å². The van der Waals surface area contributed by atoms with Gasteiger partial charge in [-0.15, -0.1) is 0 Å². The van der Waals surface area contributed by atoms with Crippen LogP contribution in [0.2, 0.25) is 0 Å². The Labute approximate surface area is 112 Å². The molecule has 0 radical (unpaired) electrons. The largest absolute Gasteiger partial charge is 0.317 e. The predicted molar refractivity (Wildman–Crippen MR) is 75.9 cm³/mol. The summed E-state index contributed by atoms with van der Waals surface area (Å²) in [7, 11) is 2.14. The molecule has 3 unspecified atom stereocenters. The number of fused-ring (bicyclic) bond motifs is 2. The summed E-state index contributed by atoms with van der Waals surface area (Å²) in [4.78, 5) is 5.58. The molecule has 3 heterocycles. The number of nitrogens with one attached hydrogen (secondary N) is 1. The zero-order valence-electron chi connectivity index (χ0n) is 12.1.